The van der Waals surface area contributed by atoms with Gasteiger partial charge in [0, 0.05) is 36.8 Å². The van der Waals surface area contributed by atoms with Crippen LogP contribution in [0.2, 0.25) is 0 Å². The third-order valence-corrected chi connectivity index (χ3v) is 7.59. The highest BCUT2D eigenvalue weighted by molar-refractivity contribution is 5.60. The number of halogens is 3. The molecule has 0 radical (unpaired) electrons. The van der Waals surface area contributed by atoms with Gasteiger partial charge in [-0.25, -0.2) is 13.2 Å². The molecule has 5 nitrogen and oxygen atoms in total. The van der Waals surface area contributed by atoms with Crippen molar-refractivity contribution >= 4 is 5.82 Å². The summed E-state index contributed by atoms with van der Waals surface area (Å²) in [5.74, 6) is -1.31. The van der Waals surface area contributed by atoms with Crippen molar-refractivity contribution in [3.05, 3.63) is 41.7 Å². The fourth-order valence-electron chi connectivity index (χ4n) is 6.55. The number of fused-ring (bicyclic) bond motifs is 1. The predicted molar refractivity (Wildman–Crippen MR) is 125 cm³/mol. The first-order valence-corrected chi connectivity index (χ1v) is 12.2. The van der Waals surface area contributed by atoms with Crippen LogP contribution in [0.3, 0.4) is 0 Å². The molecule has 3 aliphatic rings. The maximum atomic E-state index is 14.0. The molecule has 3 atom stereocenters. The zero-order chi connectivity index (χ0) is 24.3. The summed E-state index contributed by atoms with van der Waals surface area (Å²) in [4.78, 5) is 2.68. The van der Waals surface area contributed by atoms with Crippen LogP contribution in [0, 0.1) is 29.3 Å². The first-order valence-electron chi connectivity index (χ1n) is 12.2. The normalized spacial score (nSPS) is 28.7. The van der Waals surface area contributed by atoms with Gasteiger partial charge in [-0.3, -0.25) is 4.90 Å². The van der Waals surface area contributed by atoms with E-state index in [1.807, 2.05) is 0 Å². The SMILES string of the molecule is CC1(C)CC(N2C[C@H]3C[C@H](Nc4ccc(-c5cc(F)cc(F)c5F)nn4)C[C@H]3C2)CC(C)(C)O1. The minimum atomic E-state index is -1.24. The van der Waals surface area contributed by atoms with Crippen molar-refractivity contribution in [1.82, 2.24) is 15.1 Å². The molecule has 0 unspecified atom stereocenters. The Hall–Kier alpha value is -2.19. The van der Waals surface area contributed by atoms with Gasteiger partial charge >= 0.3 is 0 Å². The lowest BCUT2D eigenvalue weighted by Gasteiger charge is -2.48. The van der Waals surface area contributed by atoms with Crippen molar-refractivity contribution in [3.8, 4) is 11.3 Å². The Balaban J connectivity index is 1.19. The molecule has 2 aliphatic heterocycles. The molecule has 8 heteroatoms. The van der Waals surface area contributed by atoms with Gasteiger partial charge in [-0.2, -0.15) is 0 Å². The maximum Gasteiger partial charge on any atom is 0.168 e. The molecule has 34 heavy (non-hydrogen) atoms. The molecule has 2 aromatic rings. The van der Waals surface area contributed by atoms with Crippen LogP contribution in [0.4, 0.5) is 19.0 Å². The van der Waals surface area contributed by atoms with Crippen LogP contribution in [0.15, 0.2) is 24.3 Å². The van der Waals surface area contributed by atoms with E-state index in [0.717, 1.165) is 44.8 Å². The fraction of sp³-hybridized carbons (Fsp3) is 0.615. The Labute approximate surface area is 199 Å². The monoisotopic (exact) mass is 474 g/mol. The minimum Gasteiger partial charge on any atom is -0.370 e. The van der Waals surface area contributed by atoms with Crippen LogP contribution in [-0.4, -0.2) is 51.5 Å². The number of rotatable bonds is 4. The van der Waals surface area contributed by atoms with Gasteiger partial charge in [0.1, 0.15) is 11.6 Å². The molecular weight excluding hydrogens is 441 g/mol. The molecule has 1 aliphatic carbocycles. The Bertz CT molecular complexity index is 1030. The van der Waals surface area contributed by atoms with Gasteiger partial charge < -0.3 is 10.1 Å². The number of likely N-dealkylation sites (tertiary alicyclic amines) is 1. The number of benzene rings is 1. The van der Waals surface area contributed by atoms with E-state index in [1.165, 1.54) is 0 Å². The largest absolute Gasteiger partial charge is 0.370 e. The second-order valence-electron chi connectivity index (χ2n) is 11.5. The lowest BCUT2D eigenvalue weighted by molar-refractivity contribution is -0.176. The summed E-state index contributed by atoms with van der Waals surface area (Å²) < 4.78 is 47.3. The third-order valence-electron chi connectivity index (χ3n) is 7.59. The smallest absolute Gasteiger partial charge is 0.168 e. The van der Waals surface area contributed by atoms with Crippen LogP contribution in [0.5, 0.6) is 0 Å². The third kappa shape index (κ3) is 4.80. The van der Waals surface area contributed by atoms with Crippen molar-refractivity contribution in [2.75, 3.05) is 18.4 Å². The second-order valence-corrected chi connectivity index (χ2v) is 11.5. The van der Waals surface area contributed by atoms with E-state index in [-0.39, 0.29) is 22.5 Å². The molecule has 5 rings (SSSR count). The van der Waals surface area contributed by atoms with Crippen molar-refractivity contribution < 1.29 is 17.9 Å². The molecule has 1 saturated carbocycles. The molecule has 1 N–H and O–H groups in total. The van der Waals surface area contributed by atoms with Gasteiger partial charge in [0.05, 0.1) is 16.9 Å². The number of anilines is 1. The number of hydrogen-bond donors (Lipinski definition) is 1. The molecular formula is C26H33F3N4O. The van der Waals surface area contributed by atoms with Gasteiger partial charge in [-0.15, -0.1) is 10.2 Å². The summed E-state index contributed by atoms with van der Waals surface area (Å²) in [5, 5.41) is 11.6. The highest BCUT2D eigenvalue weighted by Gasteiger charge is 2.47. The molecule has 184 valence electrons. The van der Waals surface area contributed by atoms with Crippen LogP contribution in [0.25, 0.3) is 11.3 Å². The van der Waals surface area contributed by atoms with E-state index in [4.69, 9.17) is 4.74 Å². The van der Waals surface area contributed by atoms with E-state index in [9.17, 15) is 13.2 Å². The summed E-state index contributed by atoms with van der Waals surface area (Å²) in [6.07, 6.45) is 4.28. The number of nitrogens with zero attached hydrogens (tertiary/aromatic N) is 3. The van der Waals surface area contributed by atoms with E-state index >= 15 is 0 Å². The predicted octanol–water partition coefficient (Wildman–Crippen LogP) is 5.42. The fourth-order valence-corrected chi connectivity index (χ4v) is 6.55. The Morgan fingerprint density at radius 2 is 1.59 bits per heavy atom. The summed E-state index contributed by atoms with van der Waals surface area (Å²) >= 11 is 0. The van der Waals surface area contributed by atoms with Crippen LogP contribution in [0.1, 0.15) is 53.4 Å². The van der Waals surface area contributed by atoms with E-state index in [0.29, 0.717) is 35.8 Å². The molecule has 1 aromatic carbocycles. The van der Waals surface area contributed by atoms with Crippen LogP contribution >= 0.6 is 0 Å². The molecule has 3 fully saturated rings. The highest BCUT2D eigenvalue weighted by Crippen LogP contribution is 2.44. The minimum absolute atomic E-state index is 0.0980. The molecule has 1 aromatic heterocycles. The van der Waals surface area contributed by atoms with Crippen molar-refractivity contribution in [3.63, 3.8) is 0 Å². The van der Waals surface area contributed by atoms with Crippen LogP contribution < -0.4 is 5.32 Å². The lowest BCUT2D eigenvalue weighted by Crippen LogP contribution is -2.52. The Kier molecular flexibility index (Phi) is 5.88. The topological polar surface area (TPSA) is 50.3 Å². The number of aromatic nitrogens is 2. The van der Waals surface area contributed by atoms with Gasteiger partial charge in [-0.1, -0.05) is 0 Å². The van der Waals surface area contributed by atoms with Gasteiger partial charge in [0.15, 0.2) is 11.6 Å². The average Bonchev–Trinajstić information content (AvgIpc) is 3.28. The van der Waals surface area contributed by atoms with Gasteiger partial charge in [0.25, 0.3) is 0 Å². The standard InChI is InChI=1S/C26H33F3N4O/c1-25(2)11-19(12-26(3,4)34-25)33-13-15-7-18(8-16(15)14-33)30-23-6-5-22(31-32-23)20-9-17(27)10-21(28)24(20)29/h5-6,9-10,15-16,18-19H,7-8,11-14H2,1-4H3,(H,30,32)/t15-,16+,18+. The van der Waals surface area contributed by atoms with Crippen molar-refractivity contribution in [1.29, 1.82) is 0 Å². The Morgan fingerprint density at radius 1 is 0.941 bits per heavy atom. The van der Waals surface area contributed by atoms with Crippen molar-refractivity contribution in [2.45, 2.75) is 76.7 Å². The van der Waals surface area contributed by atoms with Gasteiger partial charge in [-0.05, 0) is 83.4 Å². The summed E-state index contributed by atoms with van der Waals surface area (Å²) in [6, 6.07) is 5.55. The van der Waals surface area contributed by atoms with Crippen molar-refractivity contribution in [2.24, 2.45) is 11.8 Å². The lowest BCUT2D eigenvalue weighted by atomic mass is 9.84. The first kappa shape index (κ1) is 23.5. The maximum absolute atomic E-state index is 14.0. The molecule has 2 saturated heterocycles. The van der Waals surface area contributed by atoms with Gasteiger partial charge in [0.2, 0.25) is 0 Å². The molecule has 3 heterocycles. The molecule has 0 spiro atoms. The quantitative estimate of drug-likeness (QED) is 0.600. The van der Waals surface area contributed by atoms with E-state index < -0.39 is 17.5 Å². The Morgan fingerprint density at radius 3 is 2.18 bits per heavy atom. The second kappa shape index (κ2) is 8.48. The summed E-state index contributed by atoms with van der Waals surface area (Å²) in [5.41, 5.74) is -0.326. The van der Waals surface area contributed by atoms with E-state index in [1.54, 1.807) is 12.1 Å². The molecule has 0 bridgehead atoms. The zero-order valence-corrected chi connectivity index (χ0v) is 20.2. The zero-order valence-electron chi connectivity index (χ0n) is 20.2. The number of hydrogen-bond acceptors (Lipinski definition) is 5. The van der Waals surface area contributed by atoms with E-state index in [2.05, 4.69) is 48.1 Å². The summed E-state index contributed by atoms with van der Waals surface area (Å²) in [7, 11) is 0. The number of ether oxygens (including phenoxy) is 1. The first-order chi connectivity index (χ1) is 16.0. The summed E-state index contributed by atoms with van der Waals surface area (Å²) in [6.45, 7) is 11.0. The number of nitrogens with one attached hydrogen (secondary N) is 1. The van der Waals surface area contributed by atoms with Crippen LogP contribution in [-0.2, 0) is 4.74 Å². The average molecular weight is 475 g/mol. The highest BCUT2D eigenvalue weighted by atomic mass is 19.2. The molecule has 0 amide bonds.